The van der Waals surface area contributed by atoms with E-state index in [-0.39, 0.29) is 84.3 Å². The Balaban J connectivity index is 1.37. The molecule has 2 N–H and O–H groups in total. The highest BCUT2D eigenvalue weighted by atomic mass is 16.6. The van der Waals surface area contributed by atoms with Crippen LogP contribution in [0.4, 0.5) is 0 Å². The third-order valence-corrected chi connectivity index (χ3v) is 13.0. The normalized spacial score (nSPS) is 38.0. The first kappa shape index (κ1) is 42.4. The molecule has 4 fully saturated rings. The fourth-order valence-electron chi connectivity index (χ4n) is 10.1. The van der Waals surface area contributed by atoms with E-state index in [0.29, 0.717) is 50.5 Å². The maximum atomic E-state index is 14.6. The summed E-state index contributed by atoms with van der Waals surface area (Å²) >= 11 is 0. The molecule has 2 aliphatic heterocycles. The first-order chi connectivity index (χ1) is 25.4. The molecule has 0 radical (unpaired) electrons. The summed E-state index contributed by atoms with van der Waals surface area (Å²) in [6.07, 6.45) is 6.48. The number of ether oxygens (including phenoxy) is 7. The van der Waals surface area contributed by atoms with E-state index >= 15 is 0 Å². The summed E-state index contributed by atoms with van der Waals surface area (Å²) in [5.41, 5.74) is 0.655. The van der Waals surface area contributed by atoms with E-state index in [0.717, 1.165) is 6.42 Å². The van der Waals surface area contributed by atoms with Crippen LogP contribution >= 0.6 is 0 Å². The van der Waals surface area contributed by atoms with Gasteiger partial charge in [0.15, 0.2) is 18.4 Å². The van der Waals surface area contributed by atoms with Gasteiger partial charge in [-0.05, 0) is 94.9 Å². The summed E-state index contributed by atoms with van der Waals surface area (Å²) in [5.74, 6) is -0.846. The summed E-state index contributed by atoms with van der Waals surface area (Å²) in [7, 11) is 8.72. The number of esters is 1. The van der Waals surface area contributed by atoms with E-state index in [9.17, 15) is 19.8 Å². The number of ketones is 1. The fourth-order valence-corrected chi connectivity index (χ4v) is 10.1. The Kier molecular flexibility index (Phi) is 15.1. The van der Waals surface area contributed by atoms with Crippen LogP contribution in [0.3, 0.4) is 0 Å². The smallest absolute Gasteiger partial charge is 0.306 e. The third kappa shape index (κ3) is 9.46. The van der Waals surface area contributed by atoms with Crippen molar-refractivity contribution in [2.24, 2.45) is 35.5 Å². The number of epoxide rings is 1. The Bertz CT molecular complexity index is 1270. The molecule has 5 rings (SSSR count). The van der Waals surface area contributed by atoms with Gasteiger partial charge in [-0.1, -0.05) is 39.8 Å². The Morgan fingerprint density at radius 3 is 2.26 bits per heavy atom. The van der Waals surface area contributed by atoms with Crippen molar-refractivity contribution in [1.29, 1.82) is 0 Å². The van der Waals surface area contributed by atoms with Crippen molar-refractivity contribution in [3.63, 3.8) is 0 Å². The topological polar surface area (TPSA) is 146 Å². The Morgan fingerprint density at radius 1 is 0.925 bits per heavy atom. The minimum atomic E-state index is -1.23. The van der Waals surface area contributed by atoms with Crippen LogP contribution in [0.5, 0.6) is 0 Å². The average molecular weight is 750 g/mol. The number of carbonyl (C=O) groups excluding carboxylic acids is 2. The molecule has 2 saturated heterocycles. The zero-order chi connectivity index (χ0) is 38.6. The first-order valence-corrected chi connectivity index (χ1v) is 20.1. The lowest BCUT2D eigenvalue weighted by Crippen LogP contribution is -2.49. The molecule has 2 saturated carbocycles. The second kappa shape index (κ2) is 18.9. The number of rotatable bonds is 16. The lowest BCUT2D eigenvalue weighted by atomic mass is 9.66. The molecule has 0 aromatic rings. The first-order valence-electron chi connectivity index (χ1n) is 20.1. The van der Waals surface area contributed by atoms with Gasteiger partial charge < -0.3 is 48.3 Å². The van der Waals surface area contributed by atoms with Crippen molar-refractivity contribution in [2.45, 2.75) is 153 Å². The third-order valence-electron chi connectivity index (χ3n) is 13.0. The molecule has 0 bridgehead atoms. The molecule has 12 nitrogen and oxygen atoms in total. The van der Waals surface area contributed by atoms with Crippen LogP contribution in [0, 0.1) is 35.5 Å². The van der Waals surface area contributed by atoms with Gasteiger partial charge in [-0.2, -0.15) is 0 Å². The highest BCUT2D eigenvalue weighted by Crippen LogP contribution is 2.63. The molecule has 12 heteroatoms. The molecule has 0 amide bonds. The number of aliphatic hydroxyl groups is 2. The summed E-state index contributed by atoms with van der Waals surface area (Å²) in [6, 6.07) is 0.158. The number of likely N-dealkylation sites (N-methyl/N-ethyl adjacent to an activating group) is 1. The van der Waals surface area contributed by atoms with Gasteiger partial charge in [-0.3, -0.25) is 9.59 Å². The van der Waals surface area contributed by atoms with Gasteiger partial charge in [0, 0.05) is 45.1 Å². The predicted octanol–water partition coefficient (Wildman–Crippen LogP) is 4.44. The molecule has 4 unspecified atom stereocenters. The number of allylic oxidation sites excluding steroid dienone is 2. The zero-order valence-electron chi connectivity index (χ0n) is 33.4. The number of aliphatic hydroxyl groups excluding tert-OH is 2. The van der Waals surface area contributed by atoms with E-state index in [1.54, 1.807) is 20.3 Å². The Hall–Kier alpha value is -1.74. The van der Waals surface area contributed by atoms with Crippen LogP contribution in [0.2, 0.25) is 0 Å². The summed E-state index contributed by atoms with van der Waals surface area (Å²) in [5, 5.41) is 22.3. The summed E-state index contributed by atoms with van der Waals surface area (Å²) < 4.78 is 42.0. The van der Waals surface area contributed by atoms with E-state index in [1.807, 2.05) is 40.9 Å². The minimum absolute atomic E-state index is 0.0124. The lowest BCUT2D eigenvalue weighted by molar-refractivity contribution is -0.234. The maximum absolute atomic E-state index is 14.6. The van der Waals surface area contributed by atoms with Crippen molar-refractivity contribution in [1.82, 2.24) is 4.90 Å². The molecule has 302 valence electrons. The largest absolute Gasteiger partial charge is 0.462 e. The van der Waals surface area contributed by atoms with Gasteiger partial charge in [0.1, 0.15) is 18.3 Å². The zero-order valence-corrected chi connectivity index (χ0v) is 33.4. The van der Waals surface area contributed by atoms with Crippen molar-refractivity contribution < 1.29 is 53.0 Å². The summed E-state index contributed by atoms with van der Waals surface area (Å²) in [6.45, 7) is 8.00. The molecule has 0 spiro atoms. The Morgan fingerprint density at radius 2 is 1.64 bits per heavy atom. The number of hydrogen-bond donors (Lipinski definition) is 2. The molecule has 2 heterocycles. The summed E-state index contributed by atoms with van der Waals surface area (Å²) in [4.78, 5) is 30.2. The minimum Gasteiger partial charge on any atom is -0.462 e. The molecule has 17 atom stereocenters. The highest BCUT2D eigenvalue weighted by Gasteiger charge is 2.66. The molecular formula is C41H67NO11. The molecule has 0 aromatic carbocycles. The maximum Gasteiger partial charge on any atom is 0.306 e. The van der Waals surface area contributed by atoms with Gasteiger partial charge >= 0.3 is 5.97 Å². The molecule has 3 aliphatic carbocycles. The van der Waals surface area contributed by atoms with Crippen LogP contribution < -0.4 is 0 Å². The molecule has 0 aromatic heterocycles. The molecule has 5 aliphatic rings. The van der Waals surface area contributed by atoms with Gasteiger partial charge in [-0.15, -0.1) is 0 Å². The Labute approximate surface area is 316 Å². The fraction of sp³-hybridized carbons (Fsp3) is 0.854. The van der Waals surface area contributed by atoms with Crippen molar-refractivity contribution in [3.05, 3.63) is 23.8 Å². The number of carbonyl (C=O) groups is 2. The van der Waals surface area contributed by atoms with E-state index in [2.05, 4.69) is 17.9 Å². The van der Waals surface area contributed by atoms with Gasteiger partial charge in [0.05, 0.1) is 36.9 Å². The average Bonchev–Trinajstić information content (AvgIpc) is 3.68. The molecular weight excluding hydrogens is 682 g/mol. The highest BCUT2D eigenvalue weighted by molar-refractivity contribution is 5.99. The van der Waals surface area contributed by atoms with Crippen LogP contribution in [-0.2, 0) is 42.7 Å². The van der Waals surface area contributed by atoms with Crippen LogP contribution in [0.25, 0.3) is 0 Å². The number of nitrogens with zero attached hydrogens (tertiary/aromatic N) is 1. The van der Waals surface area contributed by atoms with Crippen LogP contribution in [0.1, 0.15) is 85.5 Å². The SMILES string of the molecule is CC[C@H]1CCC[C@H](O[C@H](O)/C=C/[C@@H](CC)N(C)C)[C@@H](C)C(=O)C2=C[C@H]3[C@@H]4C[C@H](O[C@H](O)C(OC)C(OC)[C@H](CC)OC)C[C@H]4C4OC4[C@H]3[C@@H]2CC(=O)O1. The van der Waals surface area contributed by atoms with Crippen molar-refractivity contribution in [2.75, 3.05) is 35.4 Å². The lowest BCUT2D eigenvalue weighted by Gasteiger charge is -2.35. The van der Waals surface area contributed by atoms with Crippen LogP contribution in [-0.4, -0.2) is 130 Å². The van der Waals surface area contributed by atoms with Gasteiger partial charge in [-0.25, -0.2) is 0 Å². The number of fused-ring (bicyclic) bond motifs is 8. The second-order valence-corrected chi connectivity index (χ2v) is 16.2. The van der Waals surface area contributed by atoms with E-state index in [4.69, 9.17) is 33.2 Å². The number of Topliss-reactive ketones (excluding diaryl/α,β-unsaturated/α-hetero) is 1. The predicted molar refractivity (Wildman–Crippen MR) is 198 cm³/mol. The standard InChI is InChI=1S/C41H67NO11/c1-10-23(42(5)6)16-17-33(43)52-32-15-13-14-24(11-2)50-34(44)21-28-29(36(45)22(32)4)20-27-26-18-25(19-30(26)37-39(53-37)35(27)28)51-41(46)40(49-9)38(48-8)31(12-3)47-7/h16-17,20,22-28,30-33,35,37-41,43,46H,10-15,18-19,21H2,1-9H3/b17-16+/t22-,23-,24+,25+,26+,27+,28-,30-,31+,32+,33+,35-,37?,38?,39?,40?,41+/m1/s1. The monoisotopic (exact) mass is 749 g/mol. The van der Waals surface area contributed by atoms with E-state index in [1.165, 1.54) is 7.11 Å². The van der Waals surface area contributed by atoms with Crippen molar-refractivity contribution >= 4 is 11.8 Å². The van der Waals surface area contributed by atoms with Gasteiger partial charge in [0.25, 0.3) is 0 Å². The van der Waals surface area contributed by atoms with Crippen LogP contribution in [0.15, 0.2) is 23.8 Å². The van der Waals surface area contributed by atoms with E-state index < -0.39 is 36.8 Å². The van der Waals surface area contributed by atoms with Gasteiger partial charge in [0.2, 0.25) is 0 Å². The number of cyclic esters (lactones) is 1. The van der Waals surface area contributed by atoms with Crippen molar-refractivity contribution in [3.8, 4) is 0 Å². The number of methoxy groups -OCH3 is 3. The second-order valence-electron chi connectivity index (χ2n) is 16.2. The molecule has 53 heavy (non-hydrogen) atoms. The quantitative estimate of drug-likeness (QED) is 0.0996. The number of hydrogen-bond acceptors (Lipinski definition) is 12.